The minimum Gasteiger partial charge on any atom is -0.508 e. The van der Waals surface area contributed by atoms with Gasteiger partial charge in [0.2, 0.25) is 0 Å². The van der Waals surface area contributed by atoms with Crippen LogP contribution in [0.15, 0.2) is 24.3 Å². The quantitative estimate of drug-likeness (QED) is 0.784. The molecular weight excluding hydrogens is 222 g/mol. The number of aromatic hydroxyl groups is 1. The number of phenolic OH excluding ortho intramolecular Hbond substituents is 1. The molecule has 1 aliphatic rings. The SMILES string of the molecule is CC1(C)CCCC(N)(Cc2ccc(O)cc2)CC1. The highest BCUT2D eigenvalue weighted by molar-refractivity contribution is 5.27. The van der Waals surface area contributed by atoms with Crippen molar-refractivity contribution in [3.8, 4) is 5.75 Å². The predicted molar refractivity (Wildman–Crippen MR) is 75.6 cm³/mol. The average molecular weight is 247 g/mol. The van der Waals surface area contributed by atoms with E-state index in [-0.39, 0.29) is 5.54 Å². The van der Waals surface area contributed by atoms with Gasteiger partial charge in [0, 0.05) is 5.54 Å². The number of hydrogen-bond donors (Lipinski definition) is 2. The van der Waals surface area contributed by atoms with Gasteiger partial charge in [0.1, 0.15) is 5.75 Å². The molecule has 2 nitrogen and oxygen atoms in total. The Kier molecular flexibility index (Phi) is 3.67. The molecule has 100 valence electrons. The Morgan fingerprint density at radius 2 is 1.72 bits per heavy atom. The van der Waals surface area contributed by atoms with Crippen molar-refractivity contribution < 1.29 is 5.11 Å². The summed E-state index contributed by atoms with van der Waals surface area (Å²) in [6, 6.07) is 7.47. The first-order valence-corrected chi connectivity index (χ1v) is 6.95. The maximum atomic E-state index is 9.31. The van der Waals surface area contributed by atoms with Crippen LogP contribution < -0.4 is 5.73 Å². The van der Waals surface area contributed by atoms with E-state index in [0.29, 0.717) is 11.2 Å². The Morgan fingerprint density at radius 3 is 2.39 bits per heavy atom. The van der Waals surface area contributed by atoms with Crippen molar-refractivity contribution in [3.05, 3.63) is 29.8 Å². The van der Waals surface area contributed by atoms with E-state index in [9.17, 15) is 5.11 Å². The highest BCUT2D eigenvalue weighted by Gasteiger charge is 2.32. The fourth-order valence-electron chi connectivity index (χ4n) is 2.95. The highest BCUT2D eigenvalue weighted by atomic mass is 16.3. The van der Waals surface area contributed by atoms with Gasteiger partial charge in [-0.15, -0.1) is 0 Å². The van der Waals surface area contributed by atoms with Crippen molar-refractivity contribution in [2.24, 2.45) is 11.1 Å². The Labute approximate surface area is 110 Å². The largest absolute Gasteiger partial charge is 0.508 e. The molecular formula is C16H25NO. The van der Waals surface area contributed by atoms with Crippen LogP contribution in [0.2, 0.25) is 0 Å². The predicted octanol–water partition coefficient (Wildman–Crippen LogP) is 3.62. The van der Waals surface area contributed by atoms with Crippen molar-refractivity contribution in [1.82, 2.24) is 0 Å². The number of phenols is 1. The zero-order valence-electron chi connectivity index (χ0n) is 11.6. The van der Waals surface area contributed by atoms with Gasteiger partial charge in [-0.3, -0.25) is 0 Å². The van der Waals surface area contributed by atoms with Crippen molar-refractivity contribution in [2.45, 2.75) is 57.9 Å². The molecule has 3 N–H and O–H groups in total. The normalized spacial score (nSPS) is 27.7. The van der Waals surface area contributed by atoms with Crippen LogP contribution in [0.4, 0.5) is 0 Å². The van der Waals surface area contributed by atoms with Crippen LogP contribution in [0.1, 0.15) is 51.5 Å². The topological polar surface area (TPSA) is 46.2 Å². The summed E-state index contributed by atoms with van der Waals surface area (Å²) in [6.45, 7) is 4.69. The van der Waals surface area contributed by atoms with Crippen LogP contribution >= 0.6 is 0 Å². The minimum absolute atomic E-state index is 0.0647. The Hall–Kier alpha value is -1.02. The zero-order valence-corrected chi connectivity index (χ0v) is 11.6. The van der Waals surface area contributed by atoms with E-state index >= 15 is 0 Å². The maximum Gasteiger partial charge on any atom is 0.115 e. The van der Waals surface area contributed by atoms with Crippen LogP contribution in [0.25, 0.3) is 0 Å². The minimum atomic E-state index is -0.0647. The van der Waals surface area contributed by atoms with Gasteiger partial charge in [0.05, 0.1) is 0 Å². The average Bonchev–Trinajstić information content (AvgIpc) is 2.42. The monoisotopic (exact) mass is 247 g/mol. The van der Waals surface area contributed by atoms with Gasteiger partial charge in [0.15, 0.2) is 0 Å². The molecule has 0 spiro atoms. The summed E-state index contributed by atoms with van der Waals surface area (Å²) in [6.07, 6.45) is 6.84. The molecule has 2 rings (SSSR count). The molecule has 0 saturated heterocycles. The van der Waals surface area contributed by atoms with Crippen molar-refractivity contribution in [3.63, 3.8) is 0 Å². The molecule has 0 aromatic heterocycles. The molecule has 1 fully saturated rings. The zero-order chi connectivity index (χ0) is 13.2. The highest BCUT2D eigenvalue weighted by Crippen LogP contribution is 2.38. The molecule has 0 aliphatic heterocycles. The van der Waals surface area contributed by atoms with E-state index in [1.165, 1.54) is 24.8 Å². The molecule has 1 aromatic carbocycles. The van der Waals surface area contributed by atoms with Crippen LogP contribution in [0, 0.1) is 5.41 Å². The maximum absolute atomic E-state index is 9.31. The molecule has 0 bridgehead atoms. The van der Waals surface area contributed by atoms with E-state index in [1.807, 2.05) is 12.1 Å². The number of hydrogen-bond acceptors (Lipinski definition) is 2. The van der Waals surface area contributed by atoms with Gasteiger partial charge in [-0.1, -0.05) is 32.4 Å². The van der Waals surface area contributed by atoms with Gasteiger partial charge < -0.3 is 10.8 Å². The first-order valence-electron chi connectivity index (χ1n) is 6.95. The third-order valence-electron chi connectivity index (χ3n) is 4.32. The van der Waals surface area contributed by atoms with E-state index in [2.05, 4.69) is 13.8 Å². The summed E-state index contributed by atoms with van der Waals surface area (Å²) < 4.78 is 0. The Balaban J connectivity index is 2.05. The molecule has 2 heteroatoms. The molecule has 1 aromatic rings. The second-order valence-electron chi connectivity index (χ2n) is 6.72. The van der Waals surface area contributed by atoms with E-state index in [0.717, 1.165) is 19.3 Å². The number of nitrogens with two attached hydrogens (primary N) is 1. The number of rotatable bonds is 2. The van der Waals surface area contributed by atoms with Gasteiger partial charge in [-0.25, -0.2) is 0 Å². The molecule has 1 saturated carbocycles. The second-order valence-corrected chi connectivity index (χ2v) is 6.72. The lowest BCUT2D eigenvalue weighted by Gasteiger charge is -2.29. The molecule has 0 heterocycles. The van der Waals surface area contributed by atoms with Crippen LogP contribution in [-0.4, -0.2) is 10.6 Å². The van der Waals surface area contributed by atoms with Crippen molar-refractivity contribution in [1.29, 1.82) is 0 Å². The van der Waals surface area contributed by atoms with Gasteiger partial charge in [-0.2, -0.15) is 0 Å². The van der Waals surface area contributed by atoms with Crippen LogP contribution in [0.5, 0.6) is 5.75 Å². The van der Waals surface area contributed by atoms with E-state index in [4.69, 9.17) is 5.73 Å². The third-order valence-corrected chi connectivity index (χ3v) is 4.32. The lowest BCUT2D eigenvalue weighted by atomic mass is 9.81. The Morgan fingerprint density at radius 1 is 1.06 bits per heavy atom. The van der Waals surface area contributed by atoms with Crippen molar-refractivity contribution in [2.75, 3.05) is 0 Å². The molecule has 18 heavy (non-hydrogen) atoms. The molecule has 1 unspecified atom stereocenters. The third kappa shape index (κ3) is 3.49. The summed E-state index contributed by atoms with van der Waals surface area (Å²) in [7, 11) is 0. The van der Waals surface area contributed by atoms with Crippen molar-refractivity contribution >= 4 is 0 Å². The van der Waals surface area contributed by atoms with Gasteiger partial charge in [-0.05, 0) is 55.2 Å². The lowest BCUT2D eigenvalue weighted by Crippen LogP contribution is -2.41. The van der Waals surface area contributed by atoms with E-state index < -0.39 is 0 Å². The molecule has 1 aliphatic carbocycles. The van der Waals surface area contributed by atoms with Crippen LogP contribution in [0.3, 0.4) is 0 Å². The van der Waals surface area contributed by atoms with Gasteiger partial charge in [0.25, 0.3) is 0 Å². The molecule has 0 radical (unpaired) electrons. The standard InChI is InChI=1S/C16H25NO/c1-15(2)8-3-9-16(17,11-10-15)12-13-4-6-14(18)7-5-13/h4-7,18H,3,8-12,17H2,1-2H3. The second kappa shape index (κ2) is 4.93. The van der Waals surface area contributed by atoms with Gasteiger partial charge >= 0.3 is 0 Å². The van der Waals surface area contributed by atoms with Crippen LogP contribution in [-0.2, 0) is 6.42 Å². The van der Waals surface area contributed by atoms with E-state index in [1.54, 1.807) is 12.1 Å². The first kappa shape index (κ1) is 13.4. The summed E-state index contributed by atoms with van der Waals surface area (Å²) in [5, 5.41) is 9.31. The smallest absolute Gasteiger partial charge is 0.115 e. The molecule has 0 amide bonds. The fraction of sp³-hybridized carbons (Fsp3) is 0.625. The fourth-order valence-corrected chi connectivity index (χ4v) is 2.95. The Bertz CT molecular complexity index is 396. The summed E-state index contributed by atoms with van der Waals surface area (Å²) in [5.41, 5.74) is 8.20. The first-order chi connectivity index (χ1) is 8.39. The summed E-state index contributed by atoms with van der Waals surface area (Å²) >= 11 is 0. The summed E-state index contributed by atoms with van der Waals surface area (Å²) in [5.74, 6) is 0.326. The number of benzene rings is 1. The molecule has 1 atom stereocenters. The lowest BCUT2D eigenvalue weighted by molar-refractivity contribution is 0.297. The summed E-state index contributed by atoms with van der Waals surface area (Å²) in [4.78, 5) is 0.